The van der Waals surface area contributed by atoms with Gasteiger partial charge in [0.05, 0.1) is 11.0 Å². The topological polar surface area (TPSA) is 17.8 Å². The van der Waals surface area contributed by atoms with Crippen LogP contribution in [0.5, 0.6) is 0 Å². The van der Waals surface area contributed by atoms with Crippen molar-refractivity contribution in [1.82, 2.24) is 9.55 Å². The number of rotatable bonds is 3. The Kier molecular flexibility index (Phi) is 2.83. The van der Waals surface area contributed by atoms with E-state index in [0.717, 1.165) is 17.8 Å². The van der Waals surface area contributed by atoms with E-state index < -0.39 is 0 Å². The Morgan fingerprint density at radius 2 is 2.25 bits per heavy atom. The second-order valence-electron chi connectivity index (χ2n) is 4.20. The summed E-state index contributed by atoms with van der Waals surface area (Å²) in [6.45, 7) is 0. The minimum absolute atomic E-state index is 0.646. The minimum Gasteiger partial charge on any atom is -0.325 e. The molecule has 0 saturated heterocycles. The van der Waals surface area contributed by atoms with Crippen molar-refractivity contribution in [2.45, 2.75) is 25.3 Å². The number of aryl methyl sites for hydroxylation is 1. The quantitative estimate of drug-likeness (QED) is 0.611. The van der Waals surface area contributed by atoms with Crippen LogP contribution in [0.4, 0.5) is 0 Å². The lowest BCUT2D eigenvalue weighted by molar-refractivity contribution is 0.709. The van der Waals surface area contributed by atoms with E-state index in [-0.39, 0.29) is 0 Å². The molecule has 2 aromatic rings. The van der Waals surface area contributed by atoms with Gasteiger partial charge in [0.15, 0.2) is 0 Å². The van der Waals surface area contributed by atoms with E-state index in [9.17, 15) is 0 Å². The molecular weight excluding hydrogens is 335 g/mol. The highest BCUT2D eigenvalue weighted by molar-refractivity contribution is 14.1. The van der Waals surface area contributed by atoms with Gasteiger partial charge >= 0.3 is 0 Å². The van der Waals surface area contributed by atoms with E-state index in [1.54, 1.807) is 0 Å². The third-order valence-electron chi connectivity index (χ3n) is 2.95. The zero-order valence-corrected chi connectivity index (χ0v) is 11.7. The molecule has 1 aromatic heterocycles. The number of halogens is 2. The molecule has 0 atom stereocenters. The standard InChI is InChI=1S/C12H12ClIN2/c13-6-5-12-15-10-7-8(14)1-4-11(10)16(12)9-2-3-9/h1,4,7,9H,2-3,5-6H2. The summed E-state index contributed by atoms with van der Waals surface area (Å²) < 4.78 is 3.62. The van der Waals surface area contributed by atoms with Crippen LogP contribution in [0.15, 0.2) is 18.2 Å². The van der Waals surface area contributed by atoms with Crippen molar-refractivity contribution in [3.8, 4) is 0 Å². The number of hydrogen-bond donors (Lipinski definition) is 0. The molecule has 0 unspecified atom stereocenters. The SMILES string of the molecule is ClCCc1nc2cc(I)ccc2n1C1CC1. The fourth-order valence-corrected chi connectivity index (χ4v) is 2.77. The Morgan fingerprint density at radius 1 is 1.44 bits per heavy atom. The van der Waals surface area contributed by atoms with Crippen LogP contribution in [0, 0.1) is 3.57 Å². The van der Waals surface area contributed by atoms with E-state index in [2.05, 4.69) is 45.4 Å². The van der Waals surface area contributed by atoms with Gasteiger partial charge in [0.1, 0.15) is 5.82 Å². The number of nitrogens with zero attached hydrogens (tertiary/aromatic N) is 2. The van der Waals surface area contributed by atoms with Crippen molar-refractivity contribution < 1.29 is 0 Å². The van der Waals surface area contributed by atoms with Crippen LogP contribution in [0.1, 0.15) is 24.7 Å². The van der Waals surface area contributed by atoms with Crippen LogP contribution < -0.4 is 0 Å². The summed E-state index contributed by atoms with van der Waals surface area (Å²) in [5.74, 6) is 1.79. The molecule has 16 heavy (non-hydrogen) atoms. The highest BCUT2D eigenvalue weighted by Crippen LogP contribution is 2.39. The van der Waals surface area contributed by atoms with Gasteiger partial charge in [-0.05, 0) is 53.6 Å². The number of fused-ring (bicyclic) bond motifs is 1. The summed E-state index contributed by atoms with van der Waals surface area (Å²) in [4.78, 5) is 4.70. The zero-order valence-electron chi connectivity index (χ0n) is 8.79. The van der Waals surface area contributed by atoms with Gasteiger partial charge in [-0.3, -0.25) is 0 Å². The van der Waals surface area contributed by atoms with E-state index in [4.69, 9.17) is 16.6 Å². The maximum absolute atomic E-state index is 5.84. The molecule has 0 amide bonds. The molecule has 0 radical (unpaired) electrons. The van der Waals surface area contributed by atoms with Crippen molar-refractivity contribution >= 4 is 45.2 Å². The predicted molar refractivity (Wildman–Crippen MR) is 75.1 cm³/mol. The average Bonchev–Trinajstić information content (AvgIpc) is 3.02. The Bertz CT molecular complexity index is 531. The van der Waals surface area contributed by atoms with Crippen LogP contribution in [0.2, 0.25) is 0 Å². The fourth-order valence-electron chi connectivity index (χ4n) is 2.12. The maximum Gasteiger partial charge on any atom is 0.111 e. The monoisotopic (exact) mass is 346 g/mol. The summed E-state index contributed by atoms with van der Waals surface area (Å²) >= 11 is 8.17. The van der Waals surface area contributed by atoms with Crippen molar-refractivity contribution in [2.75, 3.05) is 5.88 Å². The first kappa shape index (κ1) is 10.8. The summed E-state index contributed by atoms with van der Waals surface area (Å²) in [7, 11) is 0. The number of benzene rings is 1. The number of alkyl halides is 1. The van der Waals surface area contributed by atoms with Crippen LogP contribution in [0.3, 0.4) is 0 Å². The number of imidazole rings is 1. The highest BCUT2D eigenvalue weighted by atomic mass is 127. The normalized spacial score (nSPS) is 15.9. The van der Waals surface area contributed by atoms with Gasteiger partial charge in [-0.2, -0.15) is 0 Å². The van der Waals surface area contributed by atoms with Crippen molar-refractivity contribution in [3.05, 3.63) is 27.6 Å². The summed E-state index contributed by atoms with van der Waals surface area (Å²) in [6, 6.07) is 7.14. The molecule has 1 fully saturated rings. The van der Waals surface area contributed by atoms with Crippen LogP contribution in [-0.4, -0.2) is 15.4 Å². The first-order valence-electron chi connectivity index (χ1n) is 5.52. The maximum atomic E-state index is 5.84. The Labute approximate surface area is 113 Å². The third-order valence-corrected chi connectivity index (χ3v) is 3.81. The van der Waals surface area contributed by atoms with E-state index in [1.165, 1.54) is 21.9 Å². The lowest BCUT2D eigenvalue weighted by atomic mass is 10.3. The molecule has 2 nitrogen and oxygen atoms in total. The summed E-state index contributed by atoms with van der Waals surface area (Å²) in [5.41, 5.74) is 2.38. The summed E-state index contributed by atoms with van der Waals surface area (Å²) in [5, 5.41) is 0. The molecule has 1 aromatic carbocycles. The molecule has 3 rings (SSSR count). The third kappa shape index (κ3) is 1.84. The predicted octanol–water partition coefficient (Wildman–Crippen LogP) is 3.76. The van der Waals surface area contributed by atoms with Gasteiger partial charge in [-0.15, -0.1) is 11.6 Å². The minimum atomic E-state index is 0.646. The van der Waals surface area contributed by atoms with Gasteiger partial charge in [0.2, 0.25) is 0 Å². The van der Waals surface area contributed by atoms with E-state index in [1.807, 2.05) is 0 Å². The van der Waals surface area contributed by atoms with Gasteiger partial charge in [-0.25, -0.2) is 4.98 Å². The lowest BCUT2D eigenvalue weighted by Crippen LogP contribution is -2.02. The highest BCUT2D eigenvalue weighted by Gasteiger charge is 2.27. The molecule has 0 aliphatic heterocycles. The molecule has 1 heterocycles. The molecule has 1 aliphatic rings. The summed E-state index contributed by atoms with van der Waals surface area (Å²) in [6.07, 6.45) is 3.43. The zero-order chi connectivity index (χ0) is 11.1. The molecule has 0 bridgehead atoms. The Balaban J connectivity index is 2.20. The van der Waals surface area contributed by atoms with Crippen molar-refractivity contribution in [2.24, 2.45) is 0 Å². The number of hydrogen-bond acceptors (Lipinski definition) is 1. The lowest BCUT2D eigenvalue weighted by Gasteiger charge is -2.05. The van der Waals surface area contributed by atoms with E-state index >= 15 is 0 Å². The van der Waals surface area contributed by atoms with Gasteiger partial charge in [-0.1, -0.05) is 0 Å². The van der Waals surface area contributed by atoms with Crippen LogP contribution in [0.25, 0.3) is 11.0 Å². The Hall–Kier alpha value is -0.290. The molecule has 0 spiro atoms. The molecule has 84 valence electrons. The fraction of sp³-hybridized carbons (Fsp3) is 0.417. The first-order chi connectivity index (χ1) is 7.79. The van der Waals surface area contributed by atoms with Gasteiger partial charge < -0.3 is 4.57 Å². The average molecular weight is 347 g/mol. The molecule has 1 aliphatic carbocycles. The molecule has 4 heteroatoms. The molecule has 0 N–H and O–H groups in total. The number of aromatic nitrogens is 2. The second kappa shape index (κ2) is 4.18. The second-order valence-corrected chi connectivity index (χ2v) is 5.82. The van der Waals surface area contributed by atoms with Crippen molar-refractivity contribution in [1.29, 1.82) is 0 Å². The smallest absolute Gasteiger partial charge is 0.111 e. The molecule has 1 saturated carbocycles. The van der Waals surface area contributed by atoms with E-state index in [0.29, 0.717) is 11.9 Å². The Morgan fingerprint density at radius 3 is 2.94 bits per heavy atom. The van der Waals surface area contributed by atoms with Crippen LogP contribution in [-0.2, 0) is 6.42 Å². The van der Waals surface area contributed by atoms with Gasteiger partial charge in [0.25, 0.3) is 0 Å². The largest absolute Gasteiger partial charge is 0.325 e. The van der Waals surface area contributed by atoms with Gasteiger partial charge in [0, 0.05) is 21.9 Å². The molecular formula is C12H12ClIN2. The van der Waals surface area contributed by atoms with Crippen molar-refractivity contribution in [3.63, 3.8) is 0 Å². The van der Waals surface area contributed by atoms with Crippen LogP contribution >= 0.6 is 34.2 Å². The first-order valence-corrected chi connectivity index (χ1v) is 7.13.